The molecule has 128 valence electrons. The molecule has 1 amide bonds. The van der Waals surface area contributed by atoms with E-state index in [0.29, 0.717) is 35.9 Å². The second-order valence-electron chi connectivity index (χ2n) is 6.23. The number of halogens is 1. The van der Waals surface area contributed by atoms with E-state index in [-0.39, 0.29) is 17.6 Å². The fourth-order valence-electron chi connectivity index (χ4n) is 3.10. The molecule has 0 N–H and O–H groups in total. The SMILES string of the molecule is Cc1noc(C)c1C(=O)N1CCC[C@@H](COc2cccc(F)c2)C1. The number of aryl methyl sites for hydroxylation is 2. The first-order valence-corrected chi connectivity index (χ1v) is 8.15. The van der Waals surface area contributed by atoms with E-state index < -0.39 is 0 Å². The summed E-state index contributed by atoms with van der Waals surface area (Å²) in [5.41, 5.74) is 1.18. The van der Waals surface area contributed by atoms with Gasteiger partial charge < -0.3 is 14.2 Å². The molecule has 3 rings (SSSR count). The van der Waals surface area contributed by atoms with E-state index in [4.69, 9.17) is 9.26 Å². The first-order chi connectivity index (χ1) is 11.5. The molecule has 1 atom stereocenters. The van der Waals surface area contributed by atoms with Crippen LogP contribution < -0.4 is 4.74 Å². The quantitative estimate of drug-likeness (QED) is 0.861. The smallest absolute Gasteiger partial charge is 0.259 e. The molecule has 1 fully saturated rings. The van der Waals surface area contributed by atoms with Crippen molar-refractivity contribution >= 4 is 5.91 Å². The summed E-state index contributed by atoms with van der Waals surface area (Å²) in [6.07, 6.45) is 1.91. The minimum absolute atomic E-state index is 0.0401. The van der Waals surface area contributed by atoms with Crippen LogP contribution in [0.2, 0.25) is 0 Å². The standard InChI is InChI=1S/C18H21FN2O3/c1-12-17(13(2)24-20-12)18(22)21-8-4-5-14(10-21)11-23-16-7-3-6-15(19)9-16/h3,6-7,9,14H,4-5,8,10-11H2,1-2H3/t14-/m1/s1. The van der Waals surface area contributed by atoms with Crippen LogP contribution in [0.25, 0.3) is 0 Å². The second-order valence-corrected chi connectivity index (χ2v) is 6.23. The van der Waals surface area contributed by atoms with Gasteiger partial charge in [0.25, 0.3) is 5.91 Å². The molecule has 1 saturated heterocycles. The first-order valence-electron chi connectivity index (χ1n) is 8.15. The van der Waals surface area contributed by atoms with Gasteiger partial charge in [-0.2, -0.15) is 0 Å². The Bertz CT molecular complexity index is 709. The summed E-state index contributed by atoms with van der Waals surface area (Å²) in [7, 11) is 0. The Labute approximate surface area is 140 Å². The van der Waals surface area contributed by atoms with Crippen LogP contribution in [0.3, 0.4) is 0 Å². The summed E-state index contributed by atoms with van der Waals surface area (Å²) in [4.78, 5) is 14.5. The summed E-state index contributed by atoms with van der Waals surface area (Å²) in [6.45, 7) is 5.34. The van der Waals surface area contributed by atoms with Gasteiger partial charge in [-0.3, -0.25) is 4.79 Å². The molecule has 0 saturated carbocycles. The number of benzene rings is 1. The molecule has 0 unspecified atom stereocenters. The molecule has 0 bridgehead atoms. The highest BCUT2D eigenvalue weighted by atomic mass is 19.1. The maximum Gasteiger partial charge on any atom is 0.259 e. The summed E-state index contributed by atoms with van der Waals surface area (Å²) in [5.74, 6) is 0.944. The van der Waals surface area contributed by atoms with Gasteiger partial charge in [-0.1, -0.05) is 11.2 Å². The highest BCUT2D eigenvalue weighted by molar-refractivity contribution is 5.96. The molecule has 2 heterocycles. The number of rotatable bonds is 4. The molecule has 0 radical (unpaired) electrons. The van der Waals surface area contributed by atoms with Gasteiger partial charge in [0.1, 0.15) is 22.9 Å². The van der Waals surface area contributed by atoms with Gasteiger partial charge in [0.15, 0.2) is 0 Å². The lowest BCUT2D eigenvalue weighted by molar-refractivity contribution is 0.0631. The van der Waals surface area contributed by atoms with Crippen molar-refractivity contribution in [2.45, 2.75) is 26.7 Å². The zero-order chi connectivity index (χ0) is 17.1. The van der Waals surface area contributed by atoms with Gasteiger partial charge in [0, 0.05) is 25.1 Å². The van der Waals surface area contributed by atoms with Crippen molar-refractivity contribution in [3.63, 3.8) is 0 Å². The number of piperidine rings is 1. The molecule has 6 heteroatoms. The van der Waals surface area contributed by atoms with Crippen molar-refractivity contribution in [2.24, 2.45) is 5.92 Å². The Hall–Kier alpha value is -2.37. The van der Waals surface area contributed by atoms with Crippen LogP contribution in [0.15, 0.2) is 28.8 Å². The molecular formula is C18H21FN2O3. The molecule has 1 aromatic heterocycles. The Morgan fingerprint density at radius 2 is 2.29 bits per heavy atom. The lowest BCUT2D eigenvalue weighted by atomic mass is 9.98. The van der Waals surface area contributed by atoms with Crippen molar-refractivity contribution in [1.29, 1.82) is 0 Å². The number of nitrogens with zero attached hydrogens (tertiary/aromatic N) is 2. The van der Waals surface area contributed by atoms with Crippen LogP contribution in [0.1, 0.15) is 34.7 Å². The van der Waals surface area contributed by atoms with Gasteiger partial charge in [0.05, 0.1) is 12.3 Å². The Balaban J connectivity index is 1.61. The predicted molar refractivity (Wildman–Crippen MR) is 86.5 cm³/mol. The highest BCUT2D eigenvalue weighted by Crippen LogP contribution is 2.23. The number of carbonyl (C=O) groups excluding carboxylic acids is 1. The van der Waals surface area contributed by atoms with Gasteiger partial charge in [-0.05, 0) is 38.8 Å². The second kappa shape index (κ2) is 7.03. The third kappa shape index (κ3) is 3.58. The lowest BCUT2D eigenvalue weighted by Crippen LogP contribution is -2.41. The summed E-state index contributed by atoms with van der Waals surface area (Å²) in [6, 6.07) is 6.12. The molecule has 5 nitrogen and oxygen atoms in total. The van der Waals surface area contributed by atoms with Crippen LogP contribution in [0, 0.1) is 25.6 Å². The first kappa shape index (κ1) is 16.5. The van der Waals surface area contributed by atoms with Crippen molar-refractivity contribution < 1.29 is 18.4 Å². The number of hydrogen-bond acceptors (Lipinski definition) is 4. The summed E-state index contributed by atoms with van der Waals surface area (Å²) >= 11 is 0. The Kier molecular flexibility index (Phi) is 4.83. The number of ether oxygens (including phenoxy) is 1. The van der Waals surface area contributed by atoms with Crippen molar-refractivity contribution in [3.8, 4) is 5.75 Å². The van der Waals surface area contributed by atoms with Crippen LogP contribution in [-0.2, 0) is 0 Å². The fraction of sp³-hybridized carbons (Fsp3) is 0.444. The average molecular weight is 332 g/mol. The normalized spacial score (nSPS) is 17.8. The molecule has 0 aliphatic carbocycles. The lowest BCUT2D eigenvalue weighted by Gasteiger charge is -2.32. The topological polar surface area (TPSA) is 55.6 Å². The van der Waals surface area contributed by atoms with Crippen molar-refractivity contribution in [2.75, 3.05) is 19.7 Å². The largest absolute Gasteiger partial charge is 0.493 e. The van der Waals surface area contributed by atoms with Crippen LogP contribution >= 0.6 is 0 Å². The maximum absolute atomic E-state index is 13.2. The molecule has 24 heavy (non-hydrogen) atoms. The molecule has 1 aromatic carbocycles. The van der Waals surface area contributed by atoms with E-state index in [2.05, 4.69) is 5.16 Å². The molecule has 1 aliphatic heterocycles. The number of aromatic nitrogens is 1. The van der Waals surface area contributed by atoms with E-state index in [1.807, 2.05) is 4.90 Å². The monoisotopic (exact) mass is 332 g/mol. The molecule has 2 aromatic rings. The van der Waals surface area contributed by atoms with Gasteiger partial charge in [-0.25, -0.2) is 4.39 Å². The molecule has 1 aliphatic rings. The van der Waals surface area contributed by atoms with Crippen LogP contribution in [0.5, 0.6) is 5.75 Å². The summed E-state index contributed by atoms with van der Waals surface area (Å²) in [5, 5.41) is 3.85. The number of carbonyl (C=O) groups is 1. The van der Waals surface area contributed by atoms with Gasteiger partial charge in [0.2, 0.25) is 0 Å². The van der Waals surface area contributed by atoms with Crippen molar-refractivity contribution in [3.05, 3.63) is 47.1 Å². The van der Waals surface area contributed by atoms with Crippen LogP contribution in [-0.4, -0.2) is 35.7 Å². The third-order valence-corrected chi connectivity index (χ3v) is 4.34. The predicted octanol–water partition coefficient (Wildman–Crippen LogP) is 3.36. The van der Waals surface area contributed by atoms with Crippen LogP contribution in [0.4, 0.5) is 4.39 Å². The van der Waals surface area contributed by atoms with Gasteiger partial charge in [-0.15, -0.1) is 0 Å². The van der Waals surface area contributed by atoms with E-state index in [0.717, 1.165) is 19.4 Å². The third-order valence-electron chi connectivity index (χ3n) is 4.34. The average Bonchev–Trinajstić information content (AvgIpc) is 2.91. The van der Waals surface area contributed by atoms with Gasteiger partial charge >= 0.3 is 0 Å². The molecular weight excluding hydrogens is 311 g/mol. The van der Waals surface area contributed by atoms with Crippen molar-refractivity contribution in [1.82, 2.24) is 10.1 Å². The van der Waals surface area contributed by atoms with E-state index in [9.17, 15) is 9.18 Å². The number of amides is 1. The molecule has 0 spiro atoms. The number of likely N-dealkylation sites (tertiary alicyclic amines) is 1. The minimum atomic E-state index is -0.314. The zero-order valence-electron chi connectivity index (χ0n) is 13.9. The van der Waals surface area contributed by atoms with E-state index >= 15 is 0 Å². The fourth-order valence-corrected chi connectivity index (χ4v) is 3.10. The van der Waals surface area contributed by atoms with E-state index in [1.165, 1.54) is 12.1 Å². The summed E-state index contributed by atoms with van der Waals surface area (Å²) < 4.78 is 24.0. The zero-order valence-corrected chi connectivity index (χ0v) is 13.9. The Morgan fingerprint density at radius 1 is 1.46 bits per heavy atom. The van der Waals surface area contributed by atoms with E-state index in [1.54, 1.807) is 26.0 Å². The number of hydrogen-bond donors (Lipinski definition) is 0. The maximum atomic E-state index is 13.2. The highest BCUT2D eigenvalue weighted by Gasteiger charge is 2.28. The minimum Gasteiger partial charge on any atom is -0.493 e. The Morgan fingerprint density at radius 3 is 3.00 bits per heavy atom.